The van der Waals surface area contributed by atoms with Crippen molar-refractivity contribution in [1.82, 2.24) is 0 Å². The molecule has 0 aromatic heterocycles. The first-order valence-electron chi connectivity index (χ1n) is 6.85. The molecule has 19 heavy (non-hydrogen) atoms. The largest absolute Gasteiger partial charge is 0.486 e. The van der Waals surface area contributed by atoms with Crippen molar-refractivity contribution >= 4 is 11.7 Å². The fourth-order valence-corrected chi connectivity index (χ4v) is 2.35. The number of hydrogen-bond acceptors (Lipinski definition) is 3. The third-order valence-corrected chi connectivity index (χ3v) is 3.72. The number of carboxylic acid groups (broad SMARTS) is 1. The SMILES string of the molecule is CCc1ccc2c(c1)N(C(C)C(=O)O)CC(CC)O2. The van der Waals surface area contributed by atoms with E-state index >= 15 is 0 Å². The smallest absolute Gasteiger partial charge is 0.326 e. The van der Waals surface area contributed by atoms with Crippen molar-refractivity contribution in [2.75, 3.05) is 11.4 Å². The number of nitrogens with zero attached hydrogens (tertiary/aromatic N) is 1. The monoisotopic (exact) mass is 263 g/mol. The zero-order valence-corrected chi connectivity index (χ0v) is 11.7. The van der Waals surface area contributed by atoms with E-state index in [1.165, 1.54) is 5.56 Å². The molecule has 1 aliphatic rings. The number of carboxylic acids is 1. The van der Waals surface area contributed by atoms with E-state index in [9.17, 15) is 9.90 Å². The molecule has 4 heteroatoms. The fourth-order valence-electron chi connectivity index (χ4n) is 2.35. The second-order valence-electron chi connectivity index (χ2n) is 4.97. The van der Waals surface area contributed by atoms with E-state index in [1.807, 2.05) is 23.1 Å². The minimum atomic E-state index is -0.801. The molecule has 0 aliphatic carbocycles. The minimum Gasteiger partial charge on any atom is -0.486 e. The molecule has 4 nitrogen and oxygen atoms in total. The predicted octanol–water partition coefficient (Wildman–Crippen LogP) is 2.70. The molecular weight excluding hydrogens is 242 g/mol. The topological polar surface area (TPSA) is 49.8 Å². The number of aliphatic carboxylic acids is 1. The number of carbonyl (C=O) groups is 1. The van der Waals surface area contributed by atoms with Gasteiger partial charge in [-0.15, -0.1) is 0 Å². The molecule has 1 aromatic rings. The van der Waals surface area contributed by atoms with Crippen molar-refractivity contribution in [1.29, 1.82) is 0 Å². The summed E-state index contributed by atoms with van der Waals surface area (Å²) in [5.74, 6) is -0.00648. The van der Waals surface area contributed by atoms with Gasteiger partial charge in [-0.2, -0.15) is 0 Å². The van der Waals surface area contributed by atoms with Gasteiger partial charge in [-0.25, -0.2) is 4.79 Å². The van der Waals surface area contributed by atoms with E-state index in [1.54, 1.807) is 6.92 Å². The maximum atomic E-state index is 11.3. The molecule has 1 aromatic carbocycles. The van der Waals surface area contributed by atoms with Crippen molar-refractivity contribution in [3.05, 3.63) is 23.8 Å². The summed E-state index contributed by atoms with van der Waals surface area (Å²) >= 11 is 0. The average molecular weight is 263 g/mol. The lowest BCUT2D eigenvalue weighted by atomic mass is 10.1. The fraction of sp³-hybridized carbons (Fsp3) is 0.533. The first-order valence-corrected chi connectivity index (χ1v) is 6.85. The Kier molecular flexibility index (Phi) is 3.98. The molecule has 104 valence electrons. The highest BCUT2D eigenvalue weighted by atomic mass is 16.5. The summed E-state index contributed by atoms with van der Waals surface area (Å²) in [6.45, 7) is 6.50. The van der Waals surface area contributed by atoms with Gasteiger partial charge in [0, 0.05) is 0 Å². The predicted molar refractivity (Wildman–Crippen MR) is 75.0 cm³/mol. The van der Waals surface area contributed by atoms with Gasteiger partial charge in [0.15, 0.2) is 0 Å². The second-order valence-corrected chi connectivity index (χ2v) is 4.97. The van der Waals surface area contributed by atoms with E-state index in [0.717, 1.165) is 24.3 Å². The molecule has 0 saturated heterocycles. The van der Waals surface area contributed by atoms with Crippen LogP contribution in [-0.2, 0) is 11.2 Å². The van der Waals surface area contributed by atoms with Crippen LogP contribution in [-0.4, -0.2) is 29.8 Å². The van der Waals surface area contributed by atoms with Crippen LogP contribution < -0.4 is 9.64 Å². The second kappa shape index (κ2) is 5.51. The average Bonchev–Trinajstić information content (AvgIpc) is 2.44. The number of fused-ring (bicyclic) bond motifs is 1. The summed E-state index contributed by atoms with van der Waals surface area (Å²) in [6.07, 6.45) is 1.86. The summed E-state index contributed by atoms with van der Waals surface area (Å²) in [7, 11) is 0. The number of rotatable bonds is 4. The number of hydrogen-bond donors (Lipinski definition) is 1. The van der Waals surface area contributed by atoms with Crippen molar-refractivity contribution in [2.45, 2.75) is 45.8 Å². The minimum absolute atomic E-state index is 0.0572. The zero-order chi connectivity index (χ0) is 14.0. The highest BCUT2D eigenvalue weighted by Gasteiger charge is 2.30. The highest BCUT2D eigenvalue weighted by molar-refractivity contribution is 5.79. The number of ether oxygens (including phenoxy) is 1. The molecule has 0 amide bonds. The Labute approximate surface area is 114 Å². The maximum Gasteiger partial charge on any atom is 0.326 e. The summed E-state index contributed by atoms with van der Waals surface area (Å²) < 4.78 is 5.91. The van der Waals surface area contributed by atoms with Gasteiger partial charge >= 0.3 is 5.97 Å². The Morgan fingerprint density at radius 2 is 2.26 bits per heavy atom. The molecule has 0 radical (unpaired) electrons. The standard InChI is InChI=1S/C15H21NO3/c1-4-11-6-7-14-13(8-11)16(10(3)15(17)18)9-12(5-2)19-14/h6-8,10,12H,4-5,9H2,1-3H3,(H,17,18). The molecule has 0 bridgehead atoms. The normalized spacial score (nSPS) is 19.5. The molecule has 0 spiro atoms. The van der Waals surface area contributed by atoms with Crippen molar-refractivity contribution in [3.8, 4) is 5.75 Å². The summed E-state index contributed by atoms with van der Waals surface area (Å²) in [4.78, 5) is 13.2. The highest BCUT2D eigenvalue weighted by Crippen LogP contribution is 2.36. The van der Waals surface area contributed by atoms with Crippen LogP contribution in [0.4, 0.5) is 5.69 Å². The third kappa shape index (κ3) is 2.67. The molecule has 0 saturated carbocycles. The summed E-state index contributed by atoms with van der Waals surface area (Å²) in [6, 6.07) is 5.50. The van der Waals surface area contributed by atoms with Crippen LogP contribution in [0.3, 0.4) is 0 Å². The zero-order valence-electron chi connectivity index (χ0n) is 11.7. The Morgan fingerprint density at radius 1 is 1.53 bits per heavy atom. The Bertz CT molecular complexity index is 472. The quantitative estimate of drug-likeness (QED) is 0.907. The van der Waals surface area contributed by atoms with E-state index in [4.69, 9.17) is 4.74 Å². The van der Waals surface area contributed by atoms with Gasteiger partial charge in [0.25, 0.3) is 0 Å². The molecule has 2 unspecified atom stereocenters. The third-order valence-electron chi connectivity index (χ3n) is 3.72. The van der Waals surface area contributed by atoms with Crippen LogP contribution in [0, 0.1) is 0 Å². The summed E-state index contributed by atoms with van der Waals surface area (Å²) in [5.41, 5.74) is 2.10. The van der Waals surface area contributed by atoms with E-state index in [-0.39, 0.29) is 6.10 Å². The Morgan fingerprint density at radius 3 is 2.84 bits per heavy atom. The first-order chi connectivity index (χ1) is 9.06. The van der Waals surface area contributed by atoms with Crippen LogP contribution in [0.1, 0.15) is 32.8 Å². The molecule has 1 N–H and O–H groups in total. The van der Waals surface area contributed by atoms with E-state index < -0.39 is 12.0 Å². The number of anilines is 1. The molecule has 0 fully saturated rings. The van der Waals surface area contributed by atoms with E-state index in [2.05, 4.69) is 13.8 Å². The Balaban J connectivity index is 2.41. The Hall–Kier alpha value is -1.71. The maximum absolute atomic E-state index is 11.3. The van der Waals surface area contributed by atoms with Gasteiger partial charge in [0.05, 0.1) is 12.2 Å². The first kappa shape index (κ1) is 13.7. The van der Waals surface area contributed by atoms with Gasteiger partial charge in [0.2, 0.25) is 0 Å². The number of aryl methyl sites for hydroxylation is 1. The van der Waals surface area contributed by atoms with Crippen LogP contribution in [0.2, 0.25) is 0 Å². The van der Waals surface area contributed by atoms with Crippen molar-refractivity contribution < 1.29 is 14.6 Å². The van der Waals surface area contributed by atoms with Crippen LogP contribution >= 0.6 is 0 Å². The van der Waals surface area contributed by atoms with Crippen LogP contribution in [0.25, 0.3) is 0 Å². The van der Waals surface area contributed by atoms with Gasteiger partial charge in [-0.05, 0) is 37.5 Å². The van der Waals surface area contributed by atoms with Crippen molar-refractivity contribution in [3.63, 3.8) is 0 Å². The van der Waals surface area contributed by atoms with E-state index in [0.29, 0.717) is 6.54 Å². The lowest BCUT2D eigenvalue weighted by Crippen LogP contribution is -2.47. The van der Waals surface area contributed by atoms with Gasteiger partial charge < -0.3 is 14.7 Å². The lowest BCUT2D eigenvalue weighted by Gasteiger charge is -2.38. The van der Waals surface area contributed by atoms with Crippen LogP contribution in [0.15, 0.2) is 18.2 Å². The van der Waals surface area contributed by atoms with Gasteiger partial charge in [-0.1, -0.05) is 19.9 Å². The number of benzene rings is 1. The summed E-state index contributed by atoms with van der Waals surface area (Å²) in [5, 5.41) is 9.26. The molecule has 1 heterocycles. The van der Waals surface area contributed by atoms with Gasteiger partial charge in [-0.3, -0.25) is 0 Å². The van der Waals surface area contributed by atoms with Gasteiger partial charge in [0.1, 0.15) is 17.9 Å². The van der Waals surface area contributed by atoms with Crippen molar-refractivity contribution in [2.24, 2.45) is 0 Å². The molecule has 1 aliphatic heterocycles. The lowest BCUT2D eigenvalue weighted by molar-refractivity contribution is -0.138. The molecular formula is C15H21NO3. The van der Waals surface area contributed by atoms with Crippen LogP contribution in [0.5, 0.6) is 5.75 Å². The molecule has 2 atom stereocenters. The molecule has 2 rings (SSSR count).